The molecule has 1 heterocycles. The van der Waals surface area contributed by atoms with Crippen LogP contribution in [0, 0.1) is 5.41 Å². The number of aliphatic hydroxyl groups is 1. The summed E-state index contributed by atoms with van der Waals surface area (Å²) >= 11 is 0. The number of rotatable bonds is 7. The molecular formula is C18H25F3N2O3. The predicted octanol–water partition coefficient (Wildman–Crippen LogP) is 3.47. The van der Waals surface area contributed by atoms with E-state index in [1.165, 1.54) is 18.3 Å². The summed E-state index contributed by atoms with van der Waals surface area (Å²) in [7, 11) is 0. The Morgan fingerprint density at radius 2 is 2.08 bits per heavy atom. The molecule has 0 bridgehead atoms. The van der Waals surface area contributed by atoms with Crippen LogP contribution in [0.15, 0.2) is 18.3 Å². The van der Waals surface area contributed by atoms with Crippen molar-refractivity contribution in [3.63, 3.8) is 0 Å². The van der Waals surface area contributed by atoms with Crippen LogP contribution in [0.3, 0.4) is 0 Å². The second kappa shape index (κ2) is 8.70. The summed E-state index contributed by atoms with van der Waals surface area (Å²) in [5.41, 5.74) is -0.191. The van der Waals surface area contributed by atoms with Crippen molar-refractivity contribution in [2.24, 2.45) is 5.41 Å². The lowest BCUT2D eigenvalue weighted by Crippen LogP contribution is -2.40. The van der Waals surface area contributed by atoms with Gasteiger partial charge in [0, 0.05) is 19.3 Å². The zero-order valence-electron chi connectivity index (χ0n) is 14.8. The number of aromatic nitrogens is 1. The monoisotopic (exact) mass is 374 g/mol. The van der Waals surface area contributed by atoms with E-state index in [9.17, 15) is 23.1 Å². The second-order valence-corrected chi connectivity index (χ2v) is 6.87. The second-order valence-electron chi connectivity index (χ2n) is 6.87. The highest BCUT2D eigenvalue weighted by molar-refractivity contribution is 5.96. The molecule has 0 spiro atoms. The first-order chi connectivity index (χ1) is 12.3. The number of nitrogens with one attached hydrogen (secondary N) is 1. The number of halogens is 3. The first-order valence-electron chi connectivity index (χ1n) is 8.85. The normalized spacial score (nSPS) is 18.2. The van der Waals surface area contributed by atoms with Gasteiger partial charge in [0.15, 0.2) is 6.10 Å². The zero-order chi connectivity index (χ0) is 19.2. The molecule has 0 radical (unpaired) electrons. The van der Waals surface area contributed by atoms with Gasteiger partial charge in [-0.15, -0.1) is 0 Å². The molecule has 0 aliphatic heterocycles. The predicted molar refractivity (Wildman–Crippen MR) is 89.9 cm³/mol. The molecule has 1 aromatic heterocycles. The Labute approximate surface area is 151 Å². The maximum atomic E-state index is 12.7. The van der Waals surface area contributed by atoms with E-state index in [0.717, 1.165) is 39.0 Å². The van der Waals surface area contributed by atoms with Gasteiger partial charge >= 0.3 is 6.18 Å². The van der Waals surface area contributed by atoms with Crippen LogP contribution >= 0.6 is 0 Å². The molecular weight excluding hydrogens is 349 g/mol. The Bertz CT molecular complexity index is 596. The third-order valence-corrected chi connectivity index (χ3v) is 4.95. The van der Waals surface area contributed by atoms with Crippen molar-refractivity contribution >= 4 is 5.91 Å². The molecule has 1 fully saturated rings. The molecule has 5 nitrogen and oxygen atoms in total. The first kappa shape index (κ1) is 20.5. The van der Waals surface area contributed by atoms with Gasteiger partial charge < -0.3 is 15.2 Å². The van der Waals surface area contributed by atoms with Gasteiger partial charge in [-0.3, -0.25) is 4.79 Å². The average molecular weight is 374 g/mol. The minimum absolute atomic E-state index is 0.0291. The van der Waals surface area contributed by atoms with E-state index in [4.69, 9.17) is 4.74 Å². The minimum atomic E-state index is -4.54. The maximum absolute atomic E-state index is 12.7. The number of alkyl halides is 3. The highest BCUT2D eigenvalue weighted by Crippen LogP contribution is 2.38. The molecule has 1 atom stereocenters. The molecule has 1 aromatic rings. The summed E-state index contributed by atoms with van der Waals surface area (Å²) < 4.78 is 43.0. The van der Waals surface area contributed by atoms with Crippen LogP contribution < -0.4 is 10.1 Å². The number of carbonyl (C=O) groups excluding carboxylic acids is 1. The summed E-state index contributed by atoms with van der Waals surface area (Å²) in [4.78, 5) is 16.3. The van der Waals surface area contributed by atoms with Crippen LogP contribution in [0.4, 0.5) is 13.2 Å². The number of aliphatic hydroxyl groups excluding tert-OH is 1. The summed E-state index contributed by atoms with van der Waals surface area (Å²) in [6, 6.07) is 2.87. The van der Waals surface area contributed by atoms with Gasteiger partial charge in [-0.05, 0) is 43.7 Å². The molecule has 1 aliphatic carbocycles. The third-order valence-electron chi connectivity index (χ3n) is 4.95. The van der Waals surface area contributed by atoms with Crippen molar-refractivity contribution in [1.29, 1.82) is 0 Å². The lowest BCUT2D eigenvalue weighted by Gasteiger charge is -2.37. The number of carbonyl (C=O) groups is 1. The number of ether oxygens (including phenoxy) is 1. The zero-order valence-corrected chi connectivity index (χ0v) is 14.8. The number of amides is 1. The summed E-state index contributed by atoms with van der Waals surface area (Å²) in [6.07, 6.45) is 0.307. The van der Waals surface area contributed by atoms with E-state index in [1.54, 1.807) is 0 Å². The number of pyridine rings is 1. The van der Waals surface area contributed by atoms with Crippen molar-refractivity contribution in [3.8, 4) is 5.88 Å². The smallest absolute Gasteiger partial charge is 0.425 e. The fourth-order valence-corrected chi connectivity index (χ4v) is 3.31. The van der Waals surface area contributed by atoms with Gasteiger partial charge in [0.05, 0.1) is 0 Å². The number of nitrogens with zero attached hydrogens (tertiary/aromatic N) is 1. The van der Waals surface area contributed by atoms with Crippen LogP contribution in [0.5, 0.6) is 5.88 Å². The third kappa shape index (κ3) is 5.33. The summed E-state index contributed by atoms with van der Waals surface area (Å²) in [6.45, 7) is 1.28. The molecule has 0 aromatic carbocycles. The molecule has 1 aliphatic rings. The average Bonchev–Trinajstić information content (AvgIpc) is 2.60. The van der Waals surface area contributed by atoms with Crippen LogP contribution in [-0.2, 0) is 0 Å². The van der Waals surface area contributed by atoms with Gasteiger partial charge in [-0.2, -0.15) is 13.2 Å². The van der Waals surface area contributed by atoms with Crippen LogP contribution in [0.2, 0.25) is 0 Å². The van der Waals surface area contributed by atoms with Gasteiger partial charge in [-0.25, -0.2) is 4.98 Å². The molecule has 2 rings (SSSR count). The van der Waals surface area contributed by atoms with Crippen LogP contribution in [-0.4, -0.2) is 41.4 Å². The number of hydrogen-bond acceptors (Lipinski definition) is 4. The molecule has 1 unspecified atom stereocenters. The van der Waals surface area contributed by atoms with Gasteiger partial charge in [-0.1, -0.05) is 19.3 Å². The van der Waals surface area contributed by atoms with Crippen molar-refractivity contribution in [3.05, 3.63) is 23.9 Å². The van der Waals surface area contributed by atoms with Crippen molar-refractivity contribution in [1.82, 2.24) is 10.3 Å². The summed E-state index contributed by atoms with van der Waals surface area (Å²) in [5.74, 6) is -0.861. The topological polar surface area (TPSA) is 71.5 Å². The fraction of sp³-hybridized carbons (Fsp3) is 0.667. The van der Waals surface area contributed by atoms with E-state index in [0.29, 0.717) is 13.0 Å². The molecule has 0 saturated heterocycles. The molecule has 1 amide bonds. The van der Waals surface area contributed by atoms with E-state index in [1.807, 2.05) is 0 Å². The molecule has 1 saturated carbocycles. The van der Waals surface area contributed by atoms with Crippen molar-refractivity contribution in [2.45, 2.75) is 57.7 Å². The lowest BCUT2D eigenvalue weighted by atomic mass is 9.72. The Hall–Kier alpha value is -1.83. The molecule has 146 valence electrons. The highest BCUT2D eigenvalue weighted by atomic mass is 19.4. The van der Waals surface area contributed by atoms with Crippen molar-refractivity contribution in [2.75, 3.05) is 13.2 Å². The van der Waals surface area contributed by atoms with Crippen LogP contribution in [0.1, 0.15) is 55.8 Å². The van der Waals surface area contributed by atoms with Crippen molar-refractivity contribution < 1.29 is 27.8 Å². The van der Waals surface area contributed by atoms with Crippen LogP contribution in [0.25, 0.3) is 0 Å². The minimum Gasteiger partial charge on any atom is -0.464 e. The summed E-state index contributed by atoms with van der Waals surface area (Å²) in [5, 5.41) is 12.1. The van der Waals surface area contributed by atoms with Gasteiger partial charge in [0.2, 0.25) is 5.88 Å². The Morgan fingerprint density at radius 3 is 2.69 bits per heavy atom. The van der Waals surface area contributed by atoms with E-state index in [-0.39, 0.29) is 23.5 Å². The van der Waals surface area contributed by atoms with E-state index < -0.39 is 18.2 Å². The highest BCUT2D eigenvalue weighted by Gasteiger charge is 2.39. The Morgan fingerprint density at radius 1 is 1.38 bits per heavy atom. The fourth-order valence-electron chi connectivity index (χ4n) is 3.31. The largest absolute Gasteiger partial charge is 0.464 e. The Kier molecular flexibility index (Phi) is 6.86. The SMILES string of the molecule is CC(Oc1ncccc1C(=O)NCC1(CCO)CCCCC1)C(F)(F)F. The Balaban J connectivity index is 2.07. The number of hydrogen-bond donors (Lipinski definition) is 2. The molecule has 8 heteroatoms. The molecule has 26 heavy (non-hydrogen) atoms. The van der Waals surface area contributed by atoms with E-state index in [2.05, 4.69) is 10.3 Å². The van der Waals surface area contributed by atoms with Gasteiger partial charge in [0.25, 0.3) is 5.91 Å². The van der Waals surface area contributed by atoms with E-state index >= 15 is 0 Å². The first-order valence-corrected chi connectivity index (χ1v) is 8.85. The quantitative estimate of drug-likeness (QED) is 0.767. The lowest BCUT2D eigenvalue weighted by molar-refractivity contribution is -0.190. The standard InChI is InChI=1S/C18H25F3N2O3/c1-13(18(19,20)21)26-16-14(6-5-10-22-16)15(25)23-12-17(9-11-24)7-3-2-4-8-17/h5-6,10,13,24H,2-4,7-9,11-12H2,1H3,(H,23,25). The molecule has 2 N–H and O–H groups in total. The maximum Gasteiger partial charge on any atom is 0.425 e. The van der Waals surface area contributed by atoms with Gasteiger partial charge in [0.1, 0.15) is 5.56 Å².